The molecule has 2 rings (SSSR count). The van der Waals surface area contributed by atoms with E-state index in [0.717, 1.165) is 0 Å². The summed E-state index contributed by atoms with van der Waals surface area (Å²) in [5, 5.41) is 1.69. The molecule has 1 aliphatic rings. The Kier molecular flexibility index (Phi) is 2.73. The number of anilines is 1. The summed E-state index contributed by atoms with van der Waals surface area (Å²) in [6.45, 7) is 0. The van der Waals surface area contributed by atoms with E-state index in [1.807, 2.05) is 5.32 Å². The van der Waals surface area contributed by atoms with E-state index in [1.54, 1.807) is 0 Å². The summed E-state index contributed by atoms with van der Waals surface area (Å²) in [6, 6.07) is 0.567. The monoisotopic (exact) mass is 279 g/mol. The van der Waals surface area contributed by atoms with Crippen LogP contribution in [-0.4, -0.2) is 18.8 Å². The molecule has 96 valence electrons. The fourth-order valence-corrected chi connectivity index (χ4v) is 1.97. The topological polar surface area (TPSA) is 55.4 Å². The molecule has 0 saturated heterocycles. The number of hydrogen-bond acceptors (Lipinski definition) is 3. The number of Topliss-reactive ketones (excluding diaryl/α,β-unsaturated/α-hetero) is 1. The van der Waals surface area contributed by atoms with Crippen molar-refractivity contribution in [3.05, 3.63) is 22.2 Å². The van der Waals surface area contributed by atoms with E-state index in [2.05, 4.69) is 0 Å². The van der Waals surface area contributed by atoms with Crippen molar-refractivity contribution >= 4 is 29.0 Å². The standard InChI is InChI=1S/C10H5ClF3NO3/c1-18-8-4(11)2-3(10(12,13)14)5-6(8)15-9(17)7(5)16/h2H,1H3,(H,15,16,17). The molecule has 1 aromatic carbocycles. The number of carbonyl (C=O) groups excluding carboxylic acids is 2. The Balaban J connectivity index is 2.82. The van der Waals surface area contributed by atoms with Gasteiger partial charge >= 0.3 is 6.18 Å². The zero-order valence-corrected chi connectivity index (χ0v) is 9.57. The SMILES string of the molecule is COc1c(Cl)cc(C(F)(F)F)c2c1NC(=O)C2=O. The van der Waals surface area contributed by atoms with E-state index in [0.29, 0.717) is 6.07 Å². The molecule has 0 spiro atoms. The summed E-state index contributed by atoms with van der Waals surface area (Å²) < 4.78 is 43.1. The van der Waals surface area contributed by atoms with Gasteiger partial charge in [-0.3, -0.25) is 9.59 Å². The first-order chi connectivity index (χ1) is 8.27. The van der Waals surface area contributed by atoms with Gasteiger partial charge in [0.1, 0.15) is 0 Å². The van der Waals surface area contributed by atoms with Crippen LogP contribution in [-0.2, 0) is 11.0 Å². The fraction of sp³-hybridized carbons (Fsp3) is 0.200. The molecule has 1 heterocycles. The smallest absolute Gasteiger partial charge is 0.417 e. The second-order valence-corrected chi connectivity index (χ2v) is 3.88. The molecule has 0 saturated carbocycles. The average Bonchev–Trinajstić information content (AvgIpc) is 2.53. The van der Waals surface area contributed by atoms with E-state index in [-0.39, 0.29) is 16.5 Å². The van der Waals surface area contributed by atoms with E-state index >= 15 is 0 Å². The fourth-order valence-electron chi connectivity index (χ4n) is 1.69. The molecule has 0 fully saturated rings. The van der Waals surface area contributed by atoms with Crippen molar-refractivity contribution < 1.29 is 27.5 Å². The summed E-state index contributed by atoms with van der Waals surface area (Å²) in [6.07, 6.45) is -4.79. The number of benzene rings is 1. The summed E-state index contributed by atoms with van der Waals surface area (Å²) in [4.78, 5) is 22.6. The zero-order valence-electron chi connectivity index (χ0n) is 8.81. The quantitative estimate of drug-likeness (QED) is 0.804. The Morgan fingerprint density at radius 2 is 1.94 bits per heavy atom. The van der Waals surface area contributed by atoms with Crippen LogP contribution in [0.1, 0.15) is 15.9 Å². The number of fused-ring (bicyclic) bond motifs is 1. The van der Waals surface area contributed by atoms with Gasteiger partial charge in [-0.1, -0.05) is 11.6 Å². The Bertz CT molecular complexity index is 568. The van der Waals surface area contributed by atoms with Gasteiger partial charge in [-0.25, -0.2) is 0 Å². The first-order valence-corrected chi connectivity index (χ1v) is 4.98. The van der Waals surface area contributed by atoms with Gasteiger partial charge in [0.15, 0.2) is 5.75 Å². The highest BCUT2D eigenvalue weighted by atomic mass is 35.5. The van der Waals surface area contributed by atoms with Crippen molar-refractivity contribution in [3.63, 3.8) is 0 Å². The number of carbonyl (C=O) groups is 2. The molecule has 0 aliphatic carbocycles. The molecule has 18 heavy (non-hydrogen) atoms. The maximum atomic E-state index is 12.8. The lowest BCUT2D eigenvalue weighted by atomic mass is 10.0. The van der Waals surface area contributed by atoms with Crippen LogP contribution in [0.25, 0.3) is 0 Å². The average molecular weight is 280 g/mol. The molecular formula is C10H5ClF3NO3. The number of amides is 1. The van der Waals surface area contributed by atoms with E-state index in [1.165, 1.54) is 7.11 Å². The predicted molar refractivity (Wildman–Crippen MR) is 56.0 cm³/mol. The van der Waals surface area contributed by atoms with E-state index in [4.69, 9.17) is 16.3 Å². The van der Waals surface area contributed by atoms with Crippen LogP contribution in [0.2, 0.25) is 5.02 Å². The number of ether oxygens (including phenoxy) is 1. The Morgan fingerprint density at radius 1 is 1.33 bits per heavy atom. The van der Waals surface area contributed by atoms with Crippen molar-refractivity contribution in [2.75, 3.05) is 12.4 Å². The number of nitrogens with one attached hydrogen (secondary N) is 1. The lowest BCUT2D eigenvalue weighted by Crippen LogP contribution is -2.15. The van der Waals surface area contributed by atoms with Gasteiger partial charge < -0.3 is 10.1 Å². The van der Waals surface area contributed by atoms with Gasteiger partial charge in [0.2, 0.25) is 0 Å². The second-order valence-electron chi connectivity index (χ2n) is 3.47. The lowest BCUT2D eigenvalue weighted by molar-refractivity contribution is -0.137. The molecular weight excluding hydrogens is 275 g/mol. The number of methoxy groups -OCH3 is 1. The molecule has 4 nitrogen and oxygen atoms in total. The highest BCUT2D eigenvalue weighted by Crippen LogP contribution is 2.46. The van der Waals surface area contributed by atoms with Crippen LogP contribution in [0, 0.1) is 0 Å². The van der Waals surface area contributed by atoms with Crippen LogP contribution in [0.15, 0.2) is 6.07 Å². The number of alkyl halides is 3. The first-order valence-electron chi connectivity index (χ1n) is 4.60. The molecule has 8 heteroatoms. The van der Waals surface area contributed by atoms with Crippen LogP contribution in [0.5, 0.6) is 5.75 Å². The van der Waals surface area contributed by atoms with E-state index in [9.17, 15) is 22.8 Å². The third-order valence-corrected chi connectivity index (χ3v) is 2.70. The number of ketones is 1. The van der Waals surface area contributed by atoms with Gasteiger partial charge in [0.05, 0.1) is 28.9 Å². The number of halogens is 4. The lowest BCUT2D eigenvalue weighted by Gasteiger charge is -2.14. The highest BCUT2D eigenvalue weighted by Gasteiger charge is 2.43. The largest absolute Gasteiger partial charge is 0.493 e. The second kappa shape index (κ2) is 3.88. The van der Waals surface area contributed by atoms with Crippen LogP contribution >= 0.6 is 11.6 Å². The predicted octanol–water partition coefficient (Wildman–Crippen LogP) is 2.50. The molecule has 0 unspecified atom stereocenters. The molecule has 1 aromatic rings. The zero-order chi connectivity index (χ0) is 13.7. The van der Waals surface area contributed by atoms with Gasteiger partial charge in [-0.15, -0.1) is 0 Å². The van der Waals surface area contributed by atoms with Crippen LogP contribution in [0.3, 0.4) is 0 Å². The Labute approximate surface area is 104 Å². The molecule has 1 amide bonds. The maximum Gasteiger partial charge on any atom is 0.417 e. The molecule has 1 N–H and O–H groups in total. The minimum Gasteiger partial charge on any atom is -0.493 e. The van der Waals surface area contributed by atoms with Gasteiger partial charge in [0, 0.05) is 0 Å². The highest BCUT2D eigenvalue weighted by molar-refractivity contribution is 6.53. The number of hydrogen-bond donors (Lipinski definition) is 1. The maximum absolute atomic E-state index is 12.8. The van der Waals surface area contributed by atoms with Crippen LogP contribution < -0.4 is 10.1 Å². The summed E-state index contributed by atoms with van der Waals surface area (Å²) >= 11 is 5.63. The Hall–Kier alpha value is -1.76. The molecule has 0 bridgehead atoms. The van der Waals surface area contributed by atoms with Gasteiger partial charge in [-0.05, 0) is 6.07 Å². The summed E-state index contributed by atoms with van der Waals surface area (Å²) in [5.74, 6) is -2.57. The van der Waals surface area contributed by atoms with Gasteiger partial charge in [-0.2, -0.15) is 13.2 Å². The van der Waals surface area contributed by atoms with Crippen molar-refractivity contribution in [3.8, 4) is 5.75 Å². The molecule has 1 aliphatic heterocycles. The van der Waals surface area contributed by atoms with Crippen molar-refractivity contribution in [1.82, 2.24) is 0 Å². The van der Waals surface area contributed by atoms with Gasteiger partial charge in [0.25, 0.3) is 11.7 Å². The first kappa shape index (κ1) is 12.7. The van der Waals surface area contributed by atoms with Crippen molar-refractivity contribution in [2.24, 2.45) is 0 Å². The third kappa shape index (κ3) is 1.71. The summed E-state index contributed by atoms with van der Waals surface area (Å²) in [7, 11) is 1.17. The minimum absolute atomic E-state index is 0.168. The van der Waals surface area contributed by atoms with Crippen molar-refractivity contribution in [2.45, 2.75) is 6.18 Å². The number of rotatable bonds is 1. The molecule has 0 radical (unpaired) electrons. The normalized spacial score (nSPS) is 14.5. The molecule has 0 aromatic heterocycles. The van der Waals surface area contributed by atoms with Crippen LogP contribution in [0.4, 0.5) is 18.9 Å². The minimum atomic E-state index is -4.79. The summed E-state index contributed by atoms with van der Waals surface area (Å²) in [5.41, 5.74) is -2.35. The van der Waals surface area contributed by atoms with Crippen molar-refractivity contribution in [1.29, 1.82) is 0 Å². The third-order valence-electron chi connectivity index (χ3n) is 2.42. The molecule has 0 atom stereocenters. The van der Waals surface area contributed by atoms with E-state index < -0.39 is 29.0 Å². The Morgan fingerprint density at radius 3 is 2.44 bits per heavy atom.